The van der Waals surface area contributed by atoms with Crippen molar-refractivity contribution in [2.45, 2.75) is 11.3 Å². The number of amides is 1. The Hall–Kier alpha value is -1.52. The lowest BCUT2D eigenvalue weighted by molar-refractivity contribution is -0.117. The molecule has 22 heavy (non-hydrogen) atoms. The Balaban J connectivity index is 2.26. The first-order valence-electron chi connectivity index (χ1n) is 6.39. The highest BCUT2D eigenvalue weighted by Crippen LogP contribution is 2.27. The smallest absolute Gasteiger partial charge is 0.302 e. The maximum absolute atomic E-state index is 12.7. The van der Waals surface area contributed by atoms with Crippen molar-refractivity contribution in [3.8, 4) is 0 Å². The lowest BCUT2D eigenvalue weighted by Gasteiger charge is -2.17. The standard InChI is InChI=1S/C12H15FN2O5S2/c1-14-22(19,20)11-4-2-3-10(6-11)15-7-9(5-12(15)16)8-21(13,17)18/h2-4,6,9,14H,5,7-8H2,1H3. The van der Waals surface area contributed by atoms with E-state index in [-0.39, 0.29) is 23.8 Å². The van der Waals surface area contributed by atoms with Crippen LogP contribution in [0.2, 0.25) is 0 Å². The van der Waals surface area contributed by atoms with E-state index in [0.29, 0.717) is 5.69 Å². The normalized spacial score (nSPS) is 19.6. The molecule has 0 saturated carbocycles. The lowest BCUT2D eigenvalue weighted by atomic mass is 10.1. The summed E-state index contributed by atoms with van der Waals surface area (Å²) in [6, 6.07) is 5.71. The average Bonchev–Trinajstić information content (AvgIpc) is 2.77. The largest absolute Gasteiger partial charge is 0.312 e. The van der Waals surface area contributed by atoms with Crippen molar-refractivity contribution in [3.63, 3.8) is 0 Å². The molecule has 1 saturated heterocycles. The van der Waals surface area contributed by atoms with Crippen molar-refractivity contribution in [3.05, 3.63) is 24.3 Å². The molecular weight excluding hydrogens is 335 g/mol. The predicted molar refractivity (Wildman–Crippen MR) is 78.0 cm³/mol. The summed E-state index contributed by atoms with van der Waals surface area (Å²) in [5.74, 6) is -1.73. The average molecular weight is 350 g/mol. The number of anilines is 1. The molecule has 10 heteroatoms. The summed E-state index contributed by atoms with van der Waals surface area (Å²) in [4.78, 5) is 13.2. The first kappa shape index (κ1) is 16.8. The molecular formula is C12H15FN2O5S2. The van der Waals surface area contributed by atoms with Crippen molar-refractivity contribution in [1.29, 1.82) is 0 Å². The van der Waals surface area contributed by atoms with Crippen LogP contribution in [0.25, 0.3) is 0 Å². The highest BCUT2D eigenvalue weighted by molar-refractivity contribution is 7.89. The number of nitrogens with zero attached hydrogens (tertiary/aromatic N) is 1. The van der Waals surface area contributed by atoms with Gasteiger partial charge in [-0.1, -0.05) is 6.07 Å². The van der Waals surface area contributed by atoms with Crippen molar-refractivity contribution < 1.29 is 25.5 Å². The van der Waals surface area contributed by atoms with Gasteiger partial charge in [-0.15, -0.1) is 3.89 Å². The molecule has 0 bridgehead atoms. The van der Waals surface area contributed by atoms with Crippen LogP contribution < -0.4 is 9.62 Å². The number of hydrogen-bond donors (Lipinski definition) is 1. The van der Waals surface area contributed by atoms with Gasteiger partial charge >= 0.3 is 10.2 Å². The van der Waals surface area contributed by atoms with Gasteiger partial charge in [0.05, 0.1) is 10.6 Å². The van der Waals surface area contributed by atoms with E-state index < -0.39 is 31.9 Å². The number of halogens is 1. The summed E-state index contributed by atoms with van der Waals surface area (Å²) in [7, 11) is -7.04. The minimum Gasteiger partial charge on any atom is -0.312 e. The second kappa shape index (κ2) is 5.94. The van der Waals surface area contributed by atoms with Crippen molar-refractivity contribution in [2.75, 3.05) is 24.2 Å². The molecule has 1 amide bonds. The van der Waals surface area contributed by atoms with Gasteiger partial charge in [0.15, 0.2) is 0 Å². The Morgan fingerprint density at radius 3 is 2.59 bits per heavy atom. The number of rotatable bonds is 5. The third kappa shape index (κ3) is 3.81. The lowest BCUT2D eigenvalue weighted by Crippen LogP contribution is -2.26. The van der Waals surface area contributed by atoms with Crippen molar-refractivity contribution in [2.24, 2.45) is 5.92 Å². The molecule has 0 aliphatic carbocycles. The Morgan fingerprint density at radius 1 is 1.32 bits per heavy atom. The molecule has 0 radical (unpaired) electrons. The molecule has 0 aromatic heterocycles. The number of sulfonamides is 1. The maximum atomic E-state index is 12.7. The maximum Gasteiger partial charge on any atom is 0.302 e. The Kier molecular flexibility index (Phi) is 4.54. The van der Waals surface area contributed by atoms with Gasteiger partial charge in [0.25, 0.3) is 0 Å². The van der Waals surface area contributed by atoms with Crippen LogP contribution in [0, 0.1) is 5.92 Å². The molecule has 1 fully saturated rings. The quantitative estimate of drug-likeness (QED) is 0.767. The third-order valence-electron chi connectivity index (χ3n) is 3.35. The second-order valence-corrected chi connectivity index (χ2v) is 8.28. The van der Waals surface area contributed by atoms with Crippen molar-refractivity contribution >= 4 is 31.8 Å². The number of benzene rings is 1. The van der Waals surface area contributed by atoms with E-state index >= 15 is 0 Å². The first-order valence-corrected chi connectivity index (χ1v) is 9.42. The summed E-state index contributed by atoms with van der Waals surface area (Å²) in [6.45, 7) is 0.0328. The van der Waals surface area contributed by atoms with Crippen LogP contribution in [0.5, 0.6) is 0 Å². The topological polar surface area (TPSA) is 101 Å². The second-order valence-electron chi connectivity index (χ2n) is 4.98. The van der Waals surface area contributed by atoms with Crippen LogP contribution in [0.4, 0.5) is 9.57 Å². The fourth-order valence-electron chi connectivity index (χ4n) is 2.36. The van der Waals surface area contributed by atoms with Crippen molar-refractivity contribution in [1.82, 2.24) is 4.72 Å². The Morgan fingerprint density at radius 2 is 2.00 bits per heavy atom. The van der Waals surface area contributed by atoms with Crippen LogP contribution in [-0.4, -0.2) is 42.1 Å². The van der Waals surface area contributed by atoms with Gasteiger partial charge in [-0.25, -0.2) is 13.1 Å². The highest BCUT2D eigenvalue weighted by Gasteiger charge is 2.34. The zero-order chi connectivity index (χ0) is 16.5. The Bertz CT molecular complexity index is 791. The zero-order valence-corrected chi connectivity index (χ0v) is 13.3. The SMILES string of the molecule is CNS(=O)(=O)c1cccc(N2CC(CS(=O)(=O)F)CC2=O)c1. The monoisotopic (exact) mass is 350 g/mol. The molecule has 1 heterocycles. The van der Waals surface area contributed by atoms with Crippen LogP contribution in [-0.2, 0) is 25.0 Å². The van der Waals surface area contributed by atoms with Crippen LogP contribution in [0.1, 0.15) is 6.42 Å². The number of hydrogen-bond acceptors (Lipinski definition) is 5. The third-order valence-corrected chi connectivity index (χ3v) is 5.63. The highest BCUT2D eigenvalue weighted by atomic mass is 32.3. The van der Waals surface area contributed by atoms with Crippen LogP contribution in [0.3, 0.4) is 0 Å². The summed E-state index contributed by atoms with van der Waals surface area (Å²) >= 11 is 0. The molecule has 1 unspecified atom stereocenters. The molecule has 1 atom stereocenters. The minimum absolute atomic E-state index is 0.0122. The predicted octanol–water partition coefficient (Wildman–Crippen LogP) is 0.247. The van der Waals surface area contributed by atoms with Gasteiger partial charge in [-0.05, 0) is 25.2 Å². The fourth-order valence-corrected chi connectivity index (χ4v) is 3.92. The summed E-state index contributed by atoms with van der Waals surface area (Å²) in [5.41, 5.74) is 0.333. The molecule has 0 spiro atoms. The summed E-state index contributed by atoms with van der Waals surface area (Å²) < 4.78 is 59.8. The van der Waals surface area contributed by atoms with Gasteiger partial charge in [-0.2, -0.15) is 8.42 Å². The number of nitrogens with one attached hydrogen (secondary N) is 1. The van der Waals surface area contributed by atoms with E-state index in [1.807, 2.05) is 0 Å². The van der Waals surface area contributed by atoms with E-state index in [1.165, 1.54) is 30.1 Å². The summed E-state index contributed by atoms with van der Waals surface area (Å²) in [5, 5.41) is 0. The van der Waals surface area contributed by atoms with E-state index in [0.717, 1.165) is 0 Å². The molecule has 1 aliphatic rings. The van der Waals surface area contributed by atoms with E-state index in [2.05, 4.69) is 4.72 Å². The number of carbonyl (C=O) groups excluding carboxylic acids is 1. The van der Waals surface area contributed by atoms with E-state index in [4.69, 9.17) is 0 Å². The van der Waals surface area contributed by atoms with Gasteiger partial charge in [-0.3, -0.25) is 4.79 Å². The zero-order valence-electron chi connectivity index (χ0n) is 11.7. The molecule has 1 N–H and O–H groups in total. The molecule has 1 aromatic carbocycles. The fraction of sp³-hybridized carbons (Fsp3) is 0.417. The van der Waals surface area contributed by atoms with Gasteiger partial charge in [0.1, 0.15) is 0 Å². The minimum atomic E-state index is -4.66. The number of carbonyl (C=O) groups is 1. The van der Waals surface area contributed by atoms with Gasteiger partial charge < -0.3 is 4.90 Å². The molecule has 2 rings (SSSR count). The van der Waals surface area contributed by atoms with Crippen LogP contribution in [0.15, 0.2) is 29.2 Å². The van der Waals surface area contributed by atoms with E-state index in [9.17, 15) is 25.5 Å². The summed E-state index contributed by atoms with van der Waals surface area (Å²) in [6.07, 6.45) is -0.0911. The first-order chi connectivity index (χ1) is 10.1. The van der Waals surface area contributed by atoms with Crippen LogP contribution >= 0.6 is 0 Å². The van der Waals surface area contributed by atoms with Gasteiger partial charge in [0, 0.05) is 24.6 Å². The molecule has 122 valence electrons. The molecule has 7 nitrogen and oxygen atoms in total. The van der Waals surface area contributed by atoms with E-state index in [1.54, 1.807) is 6.07 Å². The molecule has 1 aliphatic heterocycles. The van der Waals surface area contributed by atoms with Gasteiger partial charge in [0.2, 0.25) is 15.9 Å². The molecule has 1 aromatic rings. The Labute approximate surface area is 128 Å².